The van der Waals surface area contributed by atoms with Gasteiger partial charge in [0.2, 0.25) is 11.8 Å². The number of carbonyl (C=O) groups is 2. The van der Waals surface area contributed by atoms with Gasteiger partial charge in [-0.1, -0.05) is 72.8 Å². The predicted molar refractivity (Wildman–Crippen MR) is 134 cm³/mol. The zero-order valence-corrected chi connectivity index (χ0v) is 19.9. The van der Waals surface area contributed by atoms with Crippen molar-refractivity contribution in [2.45, 2.75) is 24.8 Å². The standard InChI is InChI=1S/C27H30N2O3S/c1-28-27(31)25(17-21-10-5-3-6-11-21)29(18-23-14-9-15-24(16-23)32-2)26(30)20-33-19-22-12-7-4-8-13-22/h3-16,25H,17-20H2,1-2H3,(H,28,31). The van der Waals surface area contributed by atoms with Crippen LogP contribution in [0.5, 0.6) is 5.75 Å². The minimum atomic E-state index is -0.617. The third-order valence-corrected chi connectivity index (χ3v) is 6.33. The van der Waals surface area contributed by atoms with Gasteiger partial charge >= 0.3 is 0 Å². The maximum atomic E-state index is 13.4. The first kappa shape index (κ1) is 24.4. The summed E-state index contributed by atoms with van der Waals surface area (Å²) in [6.45, 7) is 0.326. The van der Waals surface area contributed by atoms with Crippen molar-refractivity contribution in [3.63, 3.8) is 0 Å². The Hall–Kier alpha value is -3.25. The van der Waals surface area contributed by atoms with Crippen molar-refractivity contribution in [1.82, 2.24) is 10.2 Å². The van der Waals surface area contributed by atoms with Crippen molar-refractivity contribution in [2.75, 3.05) is 19.9 Å². The van der Waals surface area contributed by atoms with E-state index in [1.54, 1.807) is 30.8 Å². The number of rotatable bonds is 11. The molecule has 6 heteroatoms. The number of methoxy groups -OCH3 is 1. The topological polar surface area (TPSA) is 58.6 Å². The molecule has 3 aromatic carbocycles. The van der Waals surface area contributed by atoms with Crippen LogP contribution in [-0.4, -0.2) is 42.7 Å². The summed E-state index contributed by atoms with van der Waals surface area (Å²) in [5, 5.41) is 2.75. The summed E-state index contributed by atoms with van der Waals surface area (Å²) in [7, 11) is 3.23. The van der Waals surface area contributed by atoms with E-state index < -0.39 is 6.04 Å². The third kappa shape index (κ3) is 7.39. The van der Waals surface area contributed by atoms with E-state index in [-0.39, 0.29) is 11.8 Å². The van der Waals surface area contributed by atoms with E-state index >= 15 is 0 Å². The van der Waals surface area contributed by atoms with Gasteiger partial charge in [-0.3, -0.25) is 9.59 Å². The molecule has 1 atom stereocenters. The molecule has 0 saturated heterocycles. The maximum absolute atomic E-state index is 13.4. The fourth-order valence-corrected chi connectivity index (χ4v) is 4.47. The molecule has 0 aliphatic heterocycles. The van der Waals surface area contributed by atoms with E-state index in [9.17, 15) is 9.59 Å². The first-order chi connectivity index (χ1) is 16.1. The molecule has 0 bridgehead atoms. The van der Waals surface area contributed by atoms with Gasteiger partial charge in [-0.25, -0.2) is 0 Å². The van der Waals surface area contributed by atoms with Crippen molar-refractivity contribution < 1.29 is 14.3 Å². The lowest BCUT2D eigenvalue weighted by molar-refractivity contribution is -0.139. The Morgan fingerprint density at radius 2 is 1.55 bits per heavy atom. The Morgan fingerprint density at radius 3 is 2.18 bits per heavy atom. The highest BCUT2D eigenvalue weighted by molar-refractivity contribution is 7.99. The Bertz CT molecular complexity index is 1030. The minimum absolute atomic E-state index is 0.0664. The van der Waals surface area contributed by atoms with Crippen LogP contribution in [0.25, 0.3) is 0 Å². The quantitative estimate of drug-likeness (QED) is 0.461. The van der Waals surface area contributed by atoms with Gasteiger partial charge < -0.3 is 15.0 Å². The number of carbonyl (C=O) groups excluding carboxylic acids is 2. The summed E-state index contributed by atoms with van der Waals surface area (Å²) in [5.41, 5.74) is 3.09. The molecule has 3 aromatic rings. The Kier molecular flexibility index (Phi) is 9.39. The molecular formula is C27H30N2O3S. The average Bonchev–Trinajstić information content (AvgIpc) is 2.87. The number of ether oxygens (including phenoxy) is 1. The van der Waals surface area contributed by atoms with Crippen LogP contribution < -0.4 is 10.1 Å². The van der Waals surface area contributed by atoms with Crippen molar-refractivity contribution in [2.24, 2.45) is 0 Å². The number of amides is 2. The molecule has 1 unspecified atom stereocenters. The summed E-state index contributed by atoms with van der Waals surface area (Å²) in [5.74, 6) is 1.51. The maximum Gasteiger partial charge on any atom is 0.242 e. The summed E-state index contributed by atoms with van der Waals surface area (Å²) in [6, 6.07) is 26.9. The van der Waals surface area contributed by atoms with Gasteiger partial charge in [0.25, 0.3) is 0 Å². The van der Waals surface area contributed by atoms with Crippen LogP contribution in [0.3, 0.4) is 0 Å². The molecule has 0 heterocycles. The molecule has 0 saturated carbocycles. The highest BCUT2D eigenvalue weighted by Crippen LogP contribution is 2.20. The number of benzene rings is 3. The molecule has 0 radical (unpaired) electrons. The fourth-order valence-electron chi connectivity index (χ4n) is 3.60. The Labute approximate surface area is 200 Å². The number of nitrogens with zero attached hydrogens (tertiary/aromatic N) is 1. The van der Waals surface area contributed by atoms with E-state index in [2.05, 4.69) is 5.32 Å². The van der Waals surface area contributed by atoms with Crippen LogP contribution in [0, 0.1) is 0 Å². The fraction of sp³-hybridized carbons (Fsp3) is 0.259. The van der Waals surface area contributed by atoms with Crippen LogP contribution in [0.15, 0.2) is 84.9 Å². The van der Waals surface area contributed by atoms with Crippen LogP contribution >= 0.6 is 11.8 Å². The first-order valence-electron chi connectivity index (χ1n) is 10.9. The number of nitrogens with one attached hydrogen (secondary N) is 1. The first-order valence-corrected chi connectivity index (χ1v) is 12.1. The summed E-state index contributed by atoms with van der Waals surface area (Å²) < 4.78 is 5.35. The van der Waals surface area contributed by atoms with E-state index in [4.69, 9.17) is 4.74 Å². The second-order valence-corrected chi connectivity index (χ2v) is 8.66. The van der Waals surface area contributed by atoms with Gasteiger partial charge in [0.05, 0.1) is 12.9 Å². The minimum Gasteiger partial charge on any atom is -0.497 e. The molecule has 0 fully saturated rings. The van der Waals surface area contributed by atoms with Gasteiger partial charge in [-0.2, -0.15) is 0 Å². The summed E-state index contributed by atoms with van der Waals surface area (Å²) >= 11 is 1.56. The predicted octanol–water partition coefficient (Wildman–Crippen LogP) is 4.31. The molecule has 1 N–H and O–H groups in total. The van der Waals surface area contributed by atoms with Crippen LogP contribution in [0.1, 0.15) is 16.7 Å². The lowest BCUT2D eigenvalue weighted by Crippen LogP contribution is -2.50. The second kappa shape index (κ2) is 12.7. The van der Waals surface area contributed by atoms with Crippen molar-refractivity contribution in [1.29, 1.82) is 0 Å². The van der Waals surface area contributed by atoms with Gasteiger partial charge in [-0.05, 0) is 28.8 Å². The van der Waals surface area contributed by atoms with Gasteiger partial charge in [-0.15, -0.1) is 11.8 Å². The third-order valence-electron chi connectivity index (χ3n) is 5.34. The van der Waals surface area contributed by atoms with Gasteiger partial charge in [0.1, 0.15) is 11.8 Å². The highest BCUT2D eigenvalue weighted by Gasteiger charge is 2.29. The highest BCUT2D eigenvalue weighted by atomic mass is 32.2. The van der Waals surface area contributed by atoms with Crippen LogP contribution in [0.4, 0.5) is 0 Å². The second-order valence-electron chi connectivity index (χ2n) is 7.67. The molecule has 172 valence electrons. The normalized spacial score (nSPS) is 11.5. The smallest absolute Gasteiger partial charge is 0.242 e. The van der Waals surface area contributed by atoms with Crippen LogP contribution in [-0.2, 0) is 28.3 Å². The molecule has 5 nitrogen and oxygen atoms in total. The zero-order chi connectivity index (χ0) is 23.5. The number of hydrogen-bond acceptors (Lipinski definition) is 4. The lowest BCUT2D eigenvalue weighted by Gasteiger charge is -2.31. The molecule has 33 heavy (non-hydrogen) atoms. The molecular weight excluding hydrogens is 432 g/mol. The van der Waals surface area contributed by atoms with E-state index in [1.165, 1.54) is 5.56 Å². The monoisotopic (exact) mass is 462 g/mol. The Morgan fingerprint density at radius 1 is 0.909 bits per heavy atom. The molecule has 0 aliphatic rings. The number of hydrogen-bond donors (Lipinski definition) is 1. The number of likely N-dealkylation sites (N-methyl/N-ethyl adjacent to an activating group) is 1. The largest absolute Gasteiger partial charge is 0.497 e. The SMILES string of the molecule is CNC(=O)C(Cc1ccccc1)N(Cc1cccc(OC)c1)C(=O)CSCc1ccccc1. The number of thioether (sulfide) groups is 1. The van der Waals surface area contributed by atoms with Crippen molar-refractivity contribution >= 4 is 23.6 Å². The van der Waals surface area contributed by atoms with Gasteiger partial charge in [0.15, 0.2) is 0 Å². The van der Waals surface area contributed by atoms with Crippen LogP contribution in [0.2, 0.25) is 0 Å². The molecule has 2 amide bonds. The van der Waals surface area contributed by atoms with Crippen molar-refractivity contribution in [3.05, 3.63) is 102 Å². The van der Waals surface area contributed by atoms with Crippen molar-refractivity contribution in [3.8, 4) is 5.75 Å². The molecule has 0 aliphatic carbocycles. The Balaban J connectivity index is 1.82. The molecule has 3 rings (SSSR count). The van der Waals surface area contributed by atoms with Gasteiger partial charge in [0, 0.05) is 25.8 Å². The lowest BCUT2D eigenvalue weighted by atomic mass is 10.0. The van der Waals surface area contributed by atoms with E-state index in [0.29, 0.717) is 18.7 Å². The summed E-state index contributed by atoms with van der Waals surface area (Å²) in [6.07, 6.45) is 0.444. The molecule has 0 aromatic heterocycles. The average molecular weight is 463 g/mol. The summed E-state index contributed by atoms with van der Waals surface area (Å²) in [4.78, 5) is 28.1. The van der Waals surface area contributed by atoms with E-state index in [0.717, 1.165) is 22.6 Å². The molecule has 0 spiro atoms. The zero-order valence-electron chi connectivity index (χ0n) is 19.1. The van der Waals surface area contributed by atoms with E-state index in [1.807, 2.05) is 84.9 Å².